The highest BCUT2D eigenvalue weighted by molar-refractivity contribution is 6.12. The third-order valence-electron chi connectivity index (χ3n) is 5.42. The van der Waals surface area contributed by atoms with Crippen LogP contribution in [0.2, 0.25) is 0 Å². The summed E-state index contributed by atoms with van der Waals surface area (Å²) in [5.41, 5.74) is 1.09. The predicted molar refractivity (Wildman–Crippen MR) is 91.8 cm³/mol. The number of carbonyl (C=O) groups is 3. The highest BCUT2D eigenvalue weighted by atomic mass is 16.5. The molecular formula is C18H21N3O5. The van der Waals surface area contributed by atoms with Crippen molar-refractivity contribution in [3.63, 3.8) is 0 Å². The number of benzene rings is 1. The number of hydrogen-bond donors (Lipinski definition) is 2. The third kappa shape index (κ3) is 2.85. The normalized spacial score (nSPS) is 30.0. The zero-order chi connectivity index (χ0) is 18.3. The number of nitrogens with one attached hydrogen (secondary N) is 2. The minimum atomic E-state index is -0.448. The summed E-state index contributed by atoms with van der Waals surface area (Å²) in [6, 6.07) is 6.26. The van der Waals surface area contributed by atoms with Gasteiger partial charge >= 0.3 is 6.03 Å². The highest BCUT2D eigenvalue weighted by Crippen LogP contribution is 2.43. The van der Waals surface area contributed by atoms with Crippen LogP contribution in [0.15, 0.2) is 24.3 Å². The largest absolute Gasteiger partial charge is 0.384 e. The molecule has 1 saturated carbocycles. The summed E-state index contributed by atoms with van der Waals surface area (Å²) in [7, 11) is 1.65. The average Bonchev–Trinajstić information content (AvgIpc) is 3.21. The first-order chi connectivity index (χ1) is 12.6. The molecule has 2 saturated heterocycles. The van der Waals surface area contributed by atoms with Crippen molar-refractivity contribution >= 4 is 23.5 Å². The fraction of sp³-hybridized carbons (Fsp3) is 0.500. The van der Waals surface area contributed by atoms with Crippen LogP contribution in [-0.2, 0) is 14.3 Å². The molecule has 2 heterocycles. The van der Waals surface area contributed by atoms with Crippen LogP contribution < -0.4 is 15.5 Å². The Morgan fingerprint density at radius 3 is 2.77 bits per heavy atom. The molecule has 8 heteroatoms. The molecule has 138 valence electrons. The van der Waals surface area contributed by atoms with Crippen LogP contribution in [0.5, 0.6) is 0 Å². The van der Waals surface area contributed by atoms with Gasteiger partial charge in [-0.15, -0.1) is 0 Å². The van der Waals surface area contributed by atoms with Crippen LogP contribution in [-0.4, -0.2) is 56.9 Å². The van der Waals surface area contributed by atoms with Crippen LogP contribution in [0.1, 0.15) is 16.8 Å². The molecule has 0 unspecified atom stereocenters. The Morgan fingerprint density at radius 2 is 2.12 bits per heavy atom. The summed E-state index contributed by atoms with van der Waals surface area (Å²) in [4.78, 5) is 36.9. The van der Waals surface area contributed by atoms with E-state index >= 15 is 0 Å². The maximum Gasteiger partial charge on any atom is 0.329 e. The SMILES string of the molecule is COC[C@H]1[C@@H](NC(=O)c2ccc(N3CC(=O)NC3=O)cc2)[C@H]2CCO[C@H]21. The van der Waals surface area contributed by atoms with Crippen molar-refractivity contribution in [3.8, 4) is 0 Å². The first kappa shape index (κ1) is 17.0. The highest BCUT2D eigenvalue weighted by Gasteiger charge is 2.54. The van der Waals surface area contributed by atoms with Crippen molar-refractivity contribution in [1.29, 1.82) is 0 Å². The Labute approximate surface area is 150 Å². The lowest BCUT2D eigenvalue weighted by Gasteiger charge is -2.47. The summed E-state index contributed by atoms with van der Waals surface area (Å²) in [5.74, 6) is 0.0296. The lowest BCUT2D eigenvalue weighted by Crippen LogP contribution is -2.62. The number of methoxy groups -OCH3 is 1. The van der Waals surface area contributed by atoms with Crippen molar-refractivity contribution in [2.24, 2.45) is 11.8 Å². The molecule has 1 aromatic carbocycles. The summed E-state index contributed by atoms with van der Waals surface area (Å²) in [5, 5.41) is 5.33. The van der Waals surface area contributed by atoms with Gasteiger partial charge in [-0.3, -0.25) is 19.8 Å². The van der Waals surface area contributed by atoms with Gasteiger partial charge in [0.25, 0.3) is 5.91 Å². The molecule has 0 bridgehead atoms. The second-order valence-electron chi connectivity index (χ2n) is 6.89. The Kier molecular flexibility index (Phi) is 4.37. The molecule has 3 fully saturated rings. The van der Waals surface area contributed by atoms with Crippen LogP contribution in [0.4, 0.5) is 10.5 Å². The maximum atomic E-state index is 12.6. The van der Waals surface area contributed by atoms with Crippen molar-refractivity contribution in [3.05, 3.63) is 29.8 Å². The summed E-state index contributed by atoms with van der Waals surface area (Å²) in [6.45, 7) is 1.28. The number of anilines is 1. The zero-order valence-electron chi connectivity index (χ0n) is 14.4. The molecule has 8 nitrogen and oxygen atoms in total. The number of carbonyl (C=O) groups excluding carboxylic acids is 3. The summed E-state index contributed by atoms with van der Waals surface area (Å²) >= 11 is 0. The minimum Gasteiger partial charge on any atom is -0.384 e. The van der Waals surface area contributed by atoms with Crippen molar-refractivity contribution < 1.29 is 23.9 Å². The van der Waals surface area contributed by atoms with Crippen molar-refractivity contribution in [2.45, 2.75) is 18.6 Å². The monoisotopic (exact) mass is 359 g/mol. The van der Waals surface area contributed by atoms with Crippen molar-refractivity contribution in [1.82, 2.24) is 10.6 Å². The predicted octanol–water partition coefficient (Wildman–Crippen LogP) is 0.522. The van der Waals surface area contributed by atoms with E-state index in [1.165, 1.54) is 4.90 Å². The Morgan fingerprint density at radius 1 is 1.35 bits per heavy atom. The van der Waals surface area contributed by atoms with Crippen LogP contribution in [0, 0.1) is 11.8 Å². The van der Waals surface area contributed by atoms with Gasteiger partial charge in [0, 0.05) is 42.8 Å². The Balaban J connectivity index is 1.42. The van der Waals surface area contributed by atoms with E-state index in [-0.39, 0.29) is 36.4 Å². The maximum absolute atomic E-state index is 12.6. The van der Waals surface area contributed by atoms with Crippen LogP contribution >= 0.6 is 0 Å². The van der Waals surface area contributed by atoms with Gasteiger partial charge in [-0.05, 0) is 30.7 Å². The van der Waals surface area contributed by atoms with E-state index in [0.29, 0.717) is 23.8 Å². The molecule has 0 spiro atoms. The van der Waals surface area contributed by atoms with E-state index in [2.05, 4.69) is 10.6 Å². The van der Waals surface area contributed by atoms with Gasteiger partial charge in [-0.25, -0.2) is 4.79 Å². The standard InChI is InChI=1S/C18H21N3O5/c1-25-9-13-15(12-6-7-26-16(12)13)20-17(23)10-2-4-11(5-3-10)21-8-14(22)19-18(21)24/h2-5,12-13,15-16H,6-9H2,1H3,(H,20,23)(H,19,22,24)/t12-,13+,15+,16-/m1/s1. The number of imide groups is 1. The number of hydrogen-bond acceptors (Lipinski definition) is 5. The average molecular weight is 359 g/mol. The number of urea groups is 1. The molecule has 3 aliphatic rings. The number of rotatable bonds is 5. The molecule has 4 atom stereocenters. The van der Waals surface area contributed by atoms with E-state index < -0.39 is 6.03 Å². The topological polar surface area (TPSA) is 97.0 Å². The second kappa shape index (κ2) is 6.69. The van der Waals surface area contributed by atoms with Crippen LogP contribution in [0.25, 0.3) is 0 Å². The summed E-state index contributed by atoms with van der Waals surface area (Å²) < 4.78 is 11.0. The van der Waals surface area contributed by atoms with Gasteiger partial charge in [-0.2, -0.15) is 0 Å². The second-order valence-corrected chi connectivity index (χ2v) is 6.89. The Bertz CT molecular complexity index is 735. The minimum absolute atomic E-state index is 0.00574. The first-order valence-electron chi connectivity index (χ1n) is 8.71. The van der Waals surface area contributed by atoms with Gasteiger partial charge in [-0.1, -0.05) is 0 Å². The molecular weight excluding hydrogens is 338 g/mol. The Hall–Kier alpha value is -2.45. The number of fused-ring (bicyclic) bond motifs is 1. The molecule has 4 rings (SSSR count). The number of ether oxygens (including phenoxy) is 2. The van der Waals surface area contributed by atoms with Gasteiger partial charge in [0.05, 0.1) is 12.7 Å². The van der Waals surface area contributed by atoms with E-state index in [1.54, 1.807) is 31.4 Å². The number of nitrogens with zero attached hydrogens (tertiary/aromatic N) is 1. The number of amides is 4. The van der Waals surface area contributed by atoms with Crippen molar-refractivity contribution in [2.75, 3.05) is 31.8 Å². The van der Waals surface area contributed by atoms with Gasteiger partial charge in [0.15, 0.2) is 0 Å². The first-order valence-corrected chi connectivity index (χ1v) is 8.71. The molecule has 1 aromatic rings. The molecule has 2 aliphatic heterocycles. The lowest BCUT2D eigenvalue weighted by molar-refractivity contribution is -0.117. The van der Waals surface area contributed by atoms with E-state index in [0.717, 1.165) is 13.0 Å². The van der Waals surface area contributed by atoms with Crippen LogP contribution in [0.3, 0.4) is 0 Å². The summed E-state index contributed by atoms with van der Waals surface area (Å²) in [6.07, 6.45) is 1.13. The van der Waals surface area contributed by atoms with E-state index in [9.17, 15) is 14.4 Å². The smallest absolute Gasteiger partial charge is 0.329 e. The van der Waals surface area contributed by atoms with Gasteiger partial charge in [0.2, 0.25) is 5.91 Å². The van der Waals surface area contributed by atoms with E-state index in [4.69, 9.17) is 9.47 Å². The zero-order valence-corrected chi connectivity index (χ0v) is 14.4. The third-order valence-corrected chi connectivity index (χ3v) is 5.42. The molecule has 4 amide bonds. The van der Waals surface area contributed by atoms with E-state index in [1.807, 2.05) is 0 Å². The molecule has 2 N–H and O–H groups in total. The molecule has 26 heavy (non-hydrogen) atoms. The van der Waals surface area contributed by atoms with Gasteiger partial charge in [0.1, 0.15) is 6.54 Å². The lowest BCUT2D eigenvalue weighted by atomic mass is 9.67. The molecule has 0 radical (unpaired) electrons. The fourth-order valence-corrected chi connectivity index (χ4v) is 4.11. The van der Waals surface area contributed by atoms with Gasteiger partial charge < -0.3 is 14.8 Å². The fourth-order valence-electron chi connectivity index (χ4n) is 4.11. The quantitative estimate of drug-likeness (QED) is 0.747. The molecule has 0 aromatic heterocycles. The molecule has 1 aliphatic carbocycles.